The van der Waals surface area contributed by atoms with Crippen molar-refractivity contribution in [3.8, 4) is 0 Å². The first-order chi connectivity index (χ1) is 6.58. The molecular formula is C12H20O2. The van der Waals surface area contributed by atoms with Crippen LogP contribution in [0.1, 0.15) is 52.4 Å². The summed E-state index contributed by atoms with van der Waals surface area (Å²) in [6.07, 6.45) is 6.69. The van der Waals surface area contributed by atoms with Crippen molar-refractivity contribution in [2.24, 2.45) is 5.41 Å². The van der Waals surface area contributed by atoms with Crippen LogP contribution in [0.4, 0.5) is 0 Å². The van der Waals surface area contributed by atoms with Crippen molar-refractivity contribution in [2.75, 3.05) is 0 Å². The number of hydrogen-bond acceptors (Lipinski definition) is 2. The van der Waals surface area contributed by atoms with Gasteiger partial charge >= 0.3 is 0 Å². The maximum Gasteiger partial charge on any atom is 0.135 e. The van der Waals surface area contributed by atoms with Crippen LogP contribution in [0.5, 0.6) is 0 Å². The summed E-state index contributed by atoms with van der Waals surface area (Å²) in [6, 6.07) is 0. The number of hydrogen-bond donors (Lipinski definition) is 0. The molecule has 2 aliphatic rings. The number of carbonyl (C=O) groups is 1. The Morgan fingerprint density at radius 3 is 2.64 bits per heavy atom. The summed E-state index contributed by atoms with van der Waals surface area (Å²) in [6.45, 7) is 4.45. The lowest BCUT2D eigenvalue weighted by Gasteiger charge is -2.41. The normalized spacial score (nSPS) is 32.7. The maximum atomic E-state index is 11.4. The Bertz CT molecular complexity index is 228. The van der Waals surface area contributed by atoms with Crippen molar-refractivity contribution < 1.29 is 9.53 Å². The Kier molecular flexibility index (Phi) is 2.65. The number of Topliss-reactive ketones (excluding diaryl/α,β-unsaturated/α-hetero) is 1. The molecule has 2 aliphatic carbocycles. The van der Waals surface area contributed by atoms with Crippen molar-refractivity contribution >= 4 is 5.78 Å². The van der Waals surface area contributed by atoms with Gasteiger partial charge in [-0.2, -0.15) is 0 Å². The van der Waals surface area contributed by atoms with Crippen molar-refractivity contribution in [1.82, 2.24) is 0 Å². The molecule has 2 heteroatoms. The van der Waals surface area contributed by atoms with Crippen LogP contribution in [0, 0.1) is 5.41 Å². The van der Waals surface area contributed by atoms with Crippen LogP contribution in [0.25, 0.3) is 0 Å². The molecule has 0 aromatic heterocycles. The van der Waals surface area contributed by atoms with Crippen LogP contribution in [-0.4, -0.2) is 18.0 Å². The summed E-state index contributed by atoms with van der Waals surface area (Å²) in [7, 11) is 0. The number of ketones is 1. The van der Waals surface area contributed by atoms with Gasteiger partial charge in [0.15, 0.2) is 0 Å². The van der Waals surface area contributed by atoms with E-state index >= 15 is 0 Å². The summed E-state index contributed by atoms with van der Waals surface area (Å²) in [5, 5.41) is 0. The predicted octanol–water partition coefficient (Wildman–Crippen LogP) is 2.70. The second-order valence-corrected chi connectivity index (χ2v) is 5.41. The Hall–Kier alpha value is -0.370. The fraction of sp³-hybridized carbons (Fsp3) is 0.917. The summed E-state index contributed by atoms with van der Waals surface area (Å²) in [5.74, 6) is 0.383. The molecule has 0 aromatic carbocycles. The van der Waals surface area contributed by atoms with Gasteiger partial charge in [0.25, 0.3) is 0 Å². The van der Waals surface area contributed by atoms with E-state index in [2.05, 4.69) is 13.8 Å². The summed E-state index contributed by atoms with van der Waals surface area (Å²) < 4.78 is 5.99. The van der Waals surface area contributed by atoms with Crippen LogP contribution in [0.3, 0.4) is 0 Å². The zero-order chi connectivity index (χ0) is 10.2. The van der Waals surface area contributed by atoms with E-state index in [1.807, 2.05) is 0 Å². The first kappa shape index (κ1) is 10.2. The smallest absolute Gasteiger partial charge is 0.135 e. The molecule has 0 spiro atoms. The van der Waals surface area contributed by atoms with E-state index in [0.717, 1.165) is 12.8 Å². The highest BCUT2D eigenvalue weighted by Gasteiger charge is 2.38. The molecule has 0 N–H and O–H groups in total. The van der Waals surface area contributed by atoms with E-state index in [1.165, 1.54) is 19.3 Å². The molecule has 2 rings (SSSR count). The van der Waals surface area contributed by atoms with E-state index < -0.39 is 0 Å². The second-order valence-electron chi connectivity index (χ2n) is 5.41. The van der Waals surface area contributed by atoms with Crippen LogP contribution < -0.4 is 0 Å². The van der Waals surface area contributed by atoms with Gasteiger partial charge in [-0.1, -0.05) is 13.8 Å². The molecule has 2 nitrogen and oxygen atoms in total. The SMILES string of the molecule is CC1(C)CCC(=O)CC1OC1CCC1. The Balaban J connectivity index is 1.94. The van der Waals surface area contributed by atoms with Crippen LogP contribution in [0.15, 0.2) is 0 Å². The van der Waals surface area contributed by atoms with Gasteiger partial charge in [0, 0.05) is 12.8 Å². The average molecular weight is 196 g/mol. The lowest BCUT2D eigenvalue weighted by Crippen LogP contribution is -2.42. The van der Waals surface area contributed by atoms with Gasteiger partial charge in [0.2, 0.25) is 0 Å². The minimum Gasteiger partial charge on any atom is -0.374 e. The molecule has 1 atom stereocenters. The van der Waals surface area contributed by atoms with Crippen molar-refractivity contribution in [3.05, 3.63) is 0 Å². The fourth-order valence-corrected chi connectivity index (χ4v) is 2.18. The number of carbonyl (C=O) groups excluding carboxylic acids is 1. The third-order valence-corrected chi connectivity index (χ3v) is 3.74. The molecule has 0 saturated heterocycles. The van der Waals surface area contributed by atoms with Gasteiger partial charge in [0.1, 0.15) is 5.78 Å². The standard InChI is InChI=1S/C12H20O2/c1-12(2)7-6-9(13)8-11(12)14-10-4-3-5-10/h10-11H,3-8H2,1-2H3. The highest BCUT2D eigenvalue weighted by molar-refractivity contribution is 5.79. The lowest BCUT2D eigenvalue weighted by atomic mass is 9.74. The van der Waals surface area contributed by atoms with Gasteiger partial charge in [0.05, 0.1) is 12.2 Å². The monoisotopic (exact) mass is 196 g/mol. The quantitative estimate of drug-likeness (QED) is 0.678. The zero-order valence-electron chi connectivity index (χ0n) is 9.21. The summed E-state index contributed by atoms with van der Waals surface area (Å²) >= 11 is 0. The molecule has 1 unspecified atom stereocenters. The molecule has 14 heavy (non-hydrogen) atoms. The van der Waals surface area contributed by atoms with Gasteiger partial charge in [-0.3, -0.25) is 4.79 Å². The van der Waals surface area contributed by atoms with Crippen molar-refractivity contribution in [2.45, 2.75) is 64.6 Å². The minimum atomic E-state index is 0.175. The lowest BCUT2D eigenvalue weighted by molar-refractivity contribution is -0.143. The van der Waals surface area contributed by atoms with E-state index in [0.29, 0.717) is 18.3 Å². The topological polar surface area (TPSA) is 26.3 Å². The van der Waals surface area contributed by atoms with Crippen LogP contribution >= 0.6 is 0 Å². The first-order valence-corrected chi connectivity index (χ1v) is 5.75. The Morgan fingerprint density at radius 1 is 1.36 bits per heavy atom. The third kappa shape index (κ3) is 2.00. The fourth-order valence-electron chi connectivity index (χ4n) is 2.18. The van der Waals surface area contributed by atoms with Crippen molar-refractivity contribution in [3.63, 3.8) is 0 Å². The zero-order valence-corrected chi connectivity index (χ0v) is 9.21. The Morgan fingerprint density at radius 2 is 2.07 bits per heavy atom. The molecule has 0 bridgehead atoms. The van der Waals surface area contributed by atoms with Gasteiger partial charge in [-0.25, -0.2) is 0 Å². The average Bonchev–Trinajstić information content (AvgIpc) is 2.03. The molecule has 0 radical (unpaired) electrons. The van der Waals surface area contributed by atoms with Crippen LogP contribution in [0.2, 0.25) is 0 Å². The van der Waals surface area contributed by atoms with Gasteiger partial charge in [-0.15, -0.1) is 0 Å². The summed E-state index contributed by atoms with van der Waals surface area (Å²) in [4.78, 5) is 11.4. The van der Waals surface area contributed by atoms with Gasteiger partial charge in [-0.05, 0) is 31.1 Å². The molecule has 0 heterocycles. The maximum absolute atomic E-state index is 11.4. The van der Waals surface area contributed by atoms with E-state index in [9.17, 15) is 4.79 Å². The molecular weight excluding hydrogens is 176 g/mol. The van der Waals surface area contributed by atoms with Gasteiger partial charge < -0.3 is 4.74 Å². The third-order valence-electron chi connectivity index (χ3n) is 3.74. The molecule has 2 fully saturated rings. The van der Waals surface area contributed by atoms with Crippen molar-refractivity contribution in [1.29, 1.82) is 0 Å². The molecule has 0 amide bonds. The summed E-state index contributed by atoms with van der Waals surface area (Å²) in [5.41, 5.74) is 0.198. The first-order valence-electron chi connectivity index (χ1n) is 5.75. The molecule has 0 aromatic rings. The van der Waals surface area contributed by atoms with E-state index in [-0.39, 0.29) is 11.5 Å². The minimum absolute atomic E-state index is 0.175. The highest BCUT2D eigenvalue weighted by atomic mass is 16.5. The predicted molar refractivity (Wildman–Crippen MR) is 55.2 cm³/mol. The highest BCUT2D eigenvalue weighted by Crippen LogP contribution is 2.38. The van der Waals surface area contributed by atoms with E-state index in [4.69, 9.17) is 4.74 Å². The molecule has 2 saturated carbocycles. The second kappa shape index (κ2) is 3.65. The largest absolute Gasteiger partial charge is 0.374 e. The van der Waals surface area contributed by atoms with Crippen LogP contribution in [-0.2, 0) is 9.53 Å². The number of rotatable bonds is 2. The van der Waals surface area contributed by atoms with E-state index in [1.54, 1.807) is 0 Å². The number of ether oxygens (including phenoxy) is 1. The molecule has 0 aliphatic heterocycles. The molecule has 80 valence electrons. The Labute approximate surface area is 86.0 Å².